The molecule has 128 valence electrons. The van der Waals surface area contributed by atoms with E-state index in [2.05, 4.69) is 0 Å². The molecular weight excluding hydrogens is 302 g/mol. The summed E-state index contributed by atoms with van der Waals surface area (Å²) in [6.07, 6.45) is 0.872. The van der Waals surface area contributed by atoms with Gasteiger partial charge in [-0.05, 0) is 36.9 Å². The Labute approximate surface area is 143 Å². The van der Waals surface area contributed by atoms with Crippen molar-refractivity contribution in [1.82, 2.24) is 4.90 Å². The van der Waals surface area contributed by atoms with Crippen LogP contribution in [0.25, 0.3) is 10.8 Å². The van der Waals surface area contributed by atoms with Crippen LogP contribution in [-0.2, 0) is 9.53 Å². The standard InChI is InChI=1S/C20H25NO3/c1-5-14(2)19(21(3)4)20(23)24-13-18(22)17-11-10-15-8-6-7-9-16(15)12-17/h6-12,14,19H,5,13H2,1-4H3/t14-,19+/m0/s1. The first-order chi connectivity index (χ1) is 11.4. The predicted octanol–water partition coefficient (Wildman–Crippen LogP) is 3.54. The quantitative estimate of drug-likeness (QED) is 0.576. The van der Waals surface area contributed by atoms with Crippen molar-refractivity contribution in [3.63, 3.8) is 0 Å². The Morgan fingerprint density at radius 3 is 2.38 bits per heavy atom. The van der Waals surface area contributed by atoms with Crippen molar-refractivity contribution in [2.45, 2.75) is 26.3 Å². The molecule has 0 fully saturated rings. The molecular formula is C20H25NO3. The smallest absolute Gasteiger partial charge is 0.324 e. The van der Waals surface area contributed by atoms with Crippen LogP contribution in [0.1, 0.15) is 30.6 Å². The van der Waals surface area contributed by atoms with E-state index in [-0.39, 0.29) is 30.3 Å². The number of carbonyl (C=O) groups excluding carboxylic acids is 2. The van der Waals surface area contributed by atoms with Gasteiger partial charge in [0.05, 0.1) is 0 Å². The first-order valence-corrected chi connectivity index (χ1v) is 8.29. The molecule has 4 heteroatoms. The number of hydrogen-bond acceptors (Lipinski definition) is 4. The number of ether oxygens (including phenoxy) is 1. The number of likely N-dealkylation sites (N-methyl/N-ethyl adjacent to an activating group) is 1. The van der Waals surface area contributed by atoms with E-state index in [0.717, 1.165) is 17.2 Å². The van der Waals surface area contributed by atoms with Crippen molar-refractivity contribution in [2.24, 2.45) is 5.92 Å². The highest BCUT2D eigenvalue weighted by Gasteiger charge is 2.28. The van der Waals surface area contributed by atoms with E-state index >= 15 is 0 Å². The SMILES string of the molecule is CC[C@H](C)[C@H](C(=O)OCC(=O)c1ccc2ccccc2c1)N(C)C. The summed E-state index contributed by atoms with van der Waals surface area (Å²) in [5.74, 6) is -0.359. The molecule has 2 rings (SSSR count). The number of esters is 1. The molecule has 0 saturated carbocycles. The Morgan fingerprint density at radius 2 is 1.75 bits per heavy atom. The average Bonchev–Trinajstić information content (AvgIpc) is 2.58. The molecule has 0 saturated heterocycles. The Bertz CT molecular complexity index is 724. The van der Waals surface area contributed by atoms with Crippen LogP contribution in [0.4, 0.5) is 0 Å². The predicted molar refractivity (Wildman–Crippen MR) is 96.2 cm³/mol. The molecule has 0 heterocycles. The number of Topliss-reactive ketones (excluding diaryl/α,β-unsaturated/α-hetero) is 1. The summed E-state index contributed by atoms with van der Waals surface area (Å²) in [5, 5.41) is 2.08. The van der Waals surface area contributed by atoms with Crippen molar-refractivity contribution >= 4 is 22.5 Å². The summed E-state index contributed by atoms with van der Waals surface area (Å²) in [7, 11) is 3.70. The lowest BCUT2D eigenvalue weighted by Crippen LogP contribution is -2.42. The van der Waals surface area contributed by atoms with Crippen molar-refractivity contribution in [1.29, 1.82) is 0 Å². The first kappa shape index (κ1) is 18.1. The van der Waals surface area contributed by atoms with Gasteiger partial charge < -0.3 is 4.74 Å². The third-order valence-electron chi connectivity index (χ3n) is 4.40. The van der Waals surface area contributed by atoms with E-state index < -0.39 is 0 Å². The van der Waals surface area contributed by atoms with Crippen molar-refractivity contribution in [2.75, 3.05) is 20.7 Å². The summed E-state index contributed by atoms with van der Waals surface area (Å²) < 4.78 is 5.29. The van der Waals surface area contributed by atoms with Gasteiger partial charge in [0, 0.05) is 5.56 Å². The Morgan fingerprint density at radius 1 is 1.08 bits per heavy atom. The van der Waals surface area contributed by atoms with Gasteiger partial charge in [0.1, 0.15) is 6.04 Å². The molecule has 0 aromatic heterocycles. The van der Waals surface area contributed by atoms with E-state index in [4.69, 9.17) is 4.74 Å². The van der Waals surface area contributed by atoms with Gasteiger partial charge in [-0.15, -0.1) is 0 Å². The van der Waals surface area contributed by atoms with Crippen LogP contribution in [0.2, 0.25) is 0 Å². The van der Waals surface area contributed by atoms with Gasteiger partial charge in [0.15, 0.2) is 12.4 Å². The van der Waals surface area contributed by atoms with Gasteiger partial charge in [-0.2, -0.15) is 0 Å². The second kappa shape index (κ2) is 8.06. The van der Waals surface area contributed by atoms with Gasteiger partial charge in [-0.1, -0.05) is 56.7 Å². The highest BCUT2D eigenvalue weighted by atomic mass is 16.5. The lowest BCUT2D eigenvalue weighted by atomic mass is 9.98. The molecule has 4 nitrogen and oxygen atoms in total. The van der Waals surface area contributed by atoms with Gasteiger partial charge >= 0.3 is 5.97 Å². The minimum atomic E-state index is -0.344. The Hall–Kier alpha value is -2.20. The number of carbonyl (C=O) groups is 2. The summed E-state index contributed by atoms with van der Waals surface area (Å²) in [5.41, 5.74) is 0.562. The molecule has 0 bridgehead atoms. The van der Waals surface area contributed by atoms with Gasteiger partial charge in [-0.25, -0.2) is 0 Å². The lowest BCUT2D eigenvalue weighted by Gasteiger charge is -2.27. The zero-order valence-corrected chi connectivity index (χ0v) is 14.8. The number of ketones is 1. The second-order valence-electron chi connectivity index (χ2n) is 6.39. The van der Waals surface area contributed by atoms with Crippen molar-refractivity contribution in [3.05, 3.63) is 48.0 Å². The molecule has 0 aliphatic heterocycles. The Kier molecular flexibility index (Phi) is 6.10. The highest BCUT2D eigenvalue weighted by Crippen LogP contribution is 2.17. The van der Waals surface area contributed by atoms with E-state index in [1.807, 2.05) is 69.2 Å². The molecule has 0 N–H and O–H groups in total. The molecule has 0 aliphatic carbocycles. The number of benzene rings is 2. The molecule has 2 atom stereocenters. The van der Waals surface area contributed by atoms with Crippen LogP contribution in [-0.4, -0.2) is 43.4 Å². The van der Waals surface area contributed by atoms with Gasteiger partial charge in [0.25, 0.3) is 0 Å². The van der Waals surface area contributed by atoms with E-state index in [1.165, 1.54) is 0 Å². The molecule has 2 aromatic rings. The van der Waals surface area contributed by atoms with Crippen LogP contribution in [0.15, 0.2) is 42.5 Å². The molecule has 0 aliphatic rings. The zero-order chi connectivity index (χ0) is 17.7. The minimum Gasteiger partial charge on any atom is -0.456 e. The molecule has 2 aromatic carbocycles. The fraction of sp³-hybridized carbons (Fsp3) is 0.400. The Balaban J connectivity index is 2.04. The normalized spacial score (nSPS) is 13.7. The molecule has 0 amide bonds. The van der Waals surface area contributed by atoms with Crippen molar-refractivity contribution in [3.8, 4) is 0 Å². The number of rotatable bonds is 7. The number of hydrogen-bond donors (Lipinski definition) is 0. The molecule has 0 unspecified atom stereocenters. The fourth-order valence-corrected chi connectivity index (χ4v) is 2.84. The third kappa shape index (κ3) is 4.20. The van der Waals surface area contributed by atoms with Gasteiger partial charge in [-0.3, -0.25) is 14.5 Å². The molecule has 0 radical (unpaired) electrons. The number of fused-ring (bicyclic) bond motifs is 1. The lowest BCUT2D eigenvalue weighted by molar-refractivity contribution is -0.149. The van der Waals surface area contributed by atoms with Crippen LogP contribution >= 0.6 is 0 Å². The summed E-state index contributed by atoms with van der Waals surface area (Å²) in [6, 6.07) is 13.0. The minimum absolute atomic E-state index is 0.170. The summed E-state index contributed by atoms with van der Waals surface area (Å²) in [6.45, 7) is 3.82. The average molecular weight is 327 g/mol. The fourth-order valence-electron chi connectivity index (χ4n) is 2.84. The second-order valence-corrected chi connectivity index (χ2v) is 6.39. The monoisotopic (exact) mass is 327 g/mol. The van der Waals surface area contributed by atoms with Gasteiger partial charge in [0.2, 0.25) is 0 Å². The van der Waals surface area contributed by atoms with Crippen LogP contribution in [0.3, 0.4) is 0 Å². The summed E-state index contributed by atoms with van der Waals surface area (Å²) >= 11 is 0. The molecule has 24 heavy (non-hydrogen) atoms. The highest BCUT2D eigenvalue weighted by molar-refractivity contribution is 6.01. The first-order valence-electron chi connectivity index (χ1n) is 8.29. The third-order valence-corrected chi connectivity index (χ3v) is 4.40. The van der Waals surface area contributed by atoms with Crippen molar-refractivity contribution < 1.29 is 14.3 Å². The van der Waals surface area contributed by atoms with E-state index in [0.29, 0.717) is 5.56 Å². The van der Waals surface area contributed by atoms with Crippen LogP contribution < -0.4 is 0 Å². The summed E-state index contributed by atoms with van der Waals surface area (Å²) in [4.78, 5) is 26.5. The zero-order valence-electron chi connectivity index (χ0n) is 14.8. The van der Waals surface area contributed by atoms with E-state index in [9.17, 15) is 9.59 Å². The van der Waals surface area contributed by atoms with Crippen LogP contribution in [0.5, 0.6) is 0 Å². The topological polar surface area (TPSA) is 46.6 Å². The number of nitrogens with zero attached hydrogens (tertiary/aromatic N) is 1. The maximum Gasteiger partial charge on any atom is 0.324 e. The van der Waals surface area contributed by atoms with Crippen LogP contribution in [0, 0.1) is 5.92 Å². The van der Waals surface area contributed by atoms with E-state index in [1.54, 1.807) is 6.07 Å². The maximum atomic E-state index is 12.3. The largest absolute Gasteiger partial charge is 0.456 e. The molecule has 0 spiro atoms. The maximum absolute atomic E-state index is 12.3.